The molecule has 5 nitrogen and oxygen atoms in total. The molecule has 0 amide bonds. The van der Waals surface area contributed by atoms with Gasteiger partial charge in [-0.2, -0.15) is 0 Å². The number of alkyl halides is 1. The van der Waals surface area contributed by atoms with Crippen molar-refractivity contribution in [2.24, 2.45) is 5.92 Å². The summed E-state index contributed by atoms with van der Waals surface area (Å²) in [5.74, 6) is 0.294. The van der Waals surface area contributed by atoms with Crippen LogP contribution in [0, 0.1) is 5.92 Å². The van der Waals surface area contributed by atoms with Crippen LogP contribution in [0.5, 0.6) is 0 Å². The van der Waals surface area contributed by atoms with Gasteiger partial charge in [0.05, 0.1) is 27.9 Å². The van der Waals surface area contributed by atoms with Gasteiger partial charge >= 0.3 is 5.69 Å². The van der Waals surface area contributed by atoms with Gasteiger partial charge in [0, 0.05) is 0 Å². The summed E-state index contributed by atoms with van der Waals surface area (Å²) in [4.78, 5) is 16.5. The van der Waals surface area contributed by atoms with Gasteiger partial charge in [0.2, 0.25) is 0 Å². The fourth-order valence-corrected chi connectivity index (χ4v) is 4.84. The number of nitrogens with one attached hydrogen (secondary N) is 2. The lowest BCUT2D eigenvalue weighted by Gasteiger charge is -2.15. The van der Waals surface area contributed by atoms with Gasteiger partial charge < -0.3 is 9.97 Å². The van der Waals surface area contributed by atoms with Gasteiger partial charge in [0.15, 0.2) is 9.84 Å². The molecule has 0 spiro atoms. The molecule has 7 heteroatoms. The lowest BCUT2D eigenvalue weighted by molar-refractivity contribution is 0.569. The zero-order chi connectivity index (χ0) is 13.6. The molecule has 2 aromatic rings. The summed E-state index contributed by atoms with van der Waals surface area (Å²) >= 11 is 6.38. The molecule has 2 N–H and O–H groups in total. The molecule has 1 fully saturated rings. The Morgan fingerprint density at radius 2 is 2.00 bits per heavy atom. The number of sulfone groups is 1. The first-order valence-electron chi connectivity index (χ1n) is 6.01. The molecule has 19 heavy (non-hydrogen) atoms. The van der Waals surface area contributed by atoms with Crippen molar-refractivity contribution in [3.05, 3.63) is 34.2 Å². The first-order valence-corrected chi connectivity index (χ1v) is 8.27. The molecule has 1 aromatic carbocycles. The first kappa shape index (κ1) is 12.7. The van der Waals surface area contributed by atoms with Gasteiger partial charge in [-0.3, -0.25) is 0 Å². The lowest BCUT2D eigenvalue weighted by Crippen LogP contribution is -2.10. The molecule has 0 aliphatic carbocycles. The molecule has 2 atom stereocenters. The molecular weight excluding hydrogens is 288 g/mol. The normalized spacial score (nSPS) is 23.7. The minimum atomic E-state index is -2.94. The standard InChI is InChI=1S/C12H13ClN2O3S/c13-11(8-3-4-19(17,18)6-8)7-1-2-9-10(5-7)15-12(16)14-9/h1-2,5,8,11H,3-4,6H2,(H2,14,15,16). The molecule has 3 rings (SSSR count). The van der Waals surface area contributed by atoms with Crippen LogP contribution in [0.2, 0.25) is 0 Å². The summed E-state index contributed by atoms with van der Waals surface area (Å²) in [6.07, 6.45) is 0.595. The SMILES string of the molecule is O=c1[nH]c2ccc(C(Cl)C3CCS(=O)(=O)C3)cc2[nH]1. The molecule has 1 aromatic heterocycles. The Hall–Kier alpha value is -1.27. The largest absolute Gasteiger partial charge is 0.323 e. The van der Waals surface area contributed by atoms with Gasteiger partial charge in [0.25, 0.3) is 0 Å². The van der Waals surface area contributed by atoms with Crippen molar-refractivity contribution in [1.29, 1.82) is 0 Å². The number of hydrogen-bond donors (Lipinski definition) is 2. The van der Waals surface area contributed by atoms with E-state index in [-0.39, 0.29) is 28.5 Å². The molecule has 0 saturated carbocycles. The maximum absolute atomic E-state index is 11.5. The predicted molar refractivity (Wildman–Crippen MR) is 74.3 cm³/mol. The molecule has 1 aliphatic rings. The van der Waals surface area contributed by atoms with Gasteiger partial charge in [-0.25, -0.2) is 13.2 Å². The van der Waals surface area contributed by atoms with Crippen molar-refractivity contribution < 1.29 is 8.42 Å². The van der Waals surface area contributed by atoms with Gasteiger partial charge in [-0.05, 0) is 30.0 Å². The number of imidazole rings is 1. The molecule has 2 unspecified atom stereocenters. The third-order valence-corrected chi connectivity index (χ3v) is 5.94. The Kier molecular flexibility index (Phi) is 2.94. The average Bonchev–Trinajstić information content (AvgIpc) is 2.88. The van der Waals surface area contributed by atoms with Crippen molar-refractivity contribution in [1.82, 2.24) is 9.97 Å². The van der Waals surface area contributed by atoms with E-state index in [4.69, 9.17) is 11.6 Å². The predicted octanol–water partition coefficient (Wildman–Crippen LogP) is 1.57. The van der Waals surface area contributed by atoms with E-state index in [1.165, 1.54) is 0 Å². The van der Waals surface area contributed by atoms with Crippen molar-refractivity contribution in [2.45, 2.75) is 11.8 Å². The van der Waals surface area contributed by atoms with E-state index in [2.05, 4.69) is 9.97 Å². The average molecular weight is 301 g/mol. The molecule has 1 saturated heterocycles. The van der Waals surface area contributed by atoms with Gasteiger partial charge in [-0.1, -0.05) is 6.07 Å². The number of hydrogen-bond acceptors (Lipinski definition) is 3. The number of halogens is 1. The third-order valence-electron chi connectivity index (χ3n) is 3.54. The van der Waals surface area contributed by atoms with Crippen molar-refractivity contribution >= 4 is 32.5 Å². The fourth-order valence-electron chi connectivity index (χ4n) is 2.55. The molecule has 102 valence electrons. The van der Waals surface area contributed by atoms with Crippen LogP contribution in [0.1, 0.15) is 17.4 Å². The van der Waals surface area contributed by atoms with Crippen LogP contribution in [-0.2, 0) is 9.84 Å². The van der Waals surface area contributed by atoms with Gasteiger partial charge in [0.1, 0.15) is 0 Å². The summed E-state index contributed by atoms with van der Waals surface area (Å²) < 4.78 is 23.0. The summed E-state index contributed by atoms with van der Waals surface area (Å²) in [6.45, 7) is 0. The monoisotopic (exact) mass is 300 g/mol. The highest BCUT2D eigenvalue weighted by Gasteiger charge is 2.33. The van der Waals surface area contributed by atoms with Crippen LogP contribution in [0.15, 0.2) is 23.0 Å². The van der Waals surface area contributed by atoms with E-state index >= 15 is 0 Å². The van der Waals surface area contributed by atoms with Gasteiger partial charge in [-0.15, -0.1) is 11.6 Å². The second kappa shape index (κ2) is 4.38. The number of benzene rings is 1. The minimum absolute atomic E-state index is 0.0604. The molecule has 0 bridgehead atoms. The maximum atomic E-state index is 11.5. The van der Waals surface area contributed by atoms with E-state index in [0.717, 1.165) is 11.1 Å². The summed E-state index contributed by atoms with van der Waals surface area (Å²) in [5, 5.41) is -0.347. The second-order valence-electron chi connectivity index (χ2n) is 4.95. The number of aromatic amines is 2. The van der Waals surface area contributed by atoms with Crippen LogP contribution in [0.25, 0.3) is 11.0 Å². The van der Waals surface area contributed by atoms with E-state index in [1.54, 1.807) is 12.1 Å². The Labute approximate surface area is 114 Å². The number of H-pyrrole nitrogens is 2. The molecule has 1 aliphatic heterocycles. The topological polar surface area (TPSA) is 82.8 Å². The highest BCUT2D eigenvalue weighted by molar-refractivity contribution is 7.91. The van der Waals surface area contributed by atoms with Crippen LogP contribution in [0.3, 0.4) is 0 Å². The molecule has 0 radical (unpaired) electrons. The van der Waals surface area contributed by atoms with E-state index in [1.807, 2.05) is 6.07 Å². The smallest absolute Gasteiger partial charge is 0.306 e. The maximum Gasteiger partial charge on any atom is 0.323 e. The number of rotatable bonds is 2. The Balaban J connectivity index is 1.93. The summed E-state index contributed by atoms with van der Waals surface area (Å²) in [5.41, 5.74) is 1.99. The van der Waals surface area contributed by atoms with Crippen molar-refractivity contribution in [2.75, 3.05) is 11.5 Å². The third kappa shape index (κ3) is 2.42. The number of fused-ring (bicyclic) bond motifs is 1. The summed E-state index contributed by atoms with van der Waals surface area (Å²) in [7, 11) is -2.94. The zero-order valence-electron chi connectivity index (χ0n) is 10.0. The van der Waals surface area contributed by atoms with E-state index in [0.29, 0.717) is 11.9 Å². The van der Waals surface area contributed by atoms with Crippen molar-refractivity contribution in [3.8, 4) is 0 Å². The first-order chi connectivity index (χ1) is 8.94. The fraction of sp³-hybridized carbons (Fsp3) is 0.417. The Morgan fingerprint density at radius 3 is 2.68 bits per heavy atom. The minimum Gasteiger partial charge on any atom is -0.306 e. The Morgan fingerprint density at radius 1 is 1.26 bits per heavy atom. The van der Waals surface area contributed by atoms with Crippen LogP contribution in [0.4, 0.5) is 0 Å². The van der Waals surface area contributed by atoms with Crippen LogP contribution < -0.4 is 5.69 Å². The van der Waals surface area contributed by atoms with E-state index < -0.39 is 9.84 Å². The van der Waals surface area contributed by atoms with E-state index in [9.17, 15) is 13.2 Å². The van der Waals surface area contributed by atoms with Crippen molar-refractivity contribution in [3.63, 3.8) is 0 Å². The lowest BCUT2D eigenvalue weighted by atomic mass is 9.98. The summed E-state index contributed by atoms with van der Waals surface area (Å²) in [6, 6.07) is 5.41. The second-order valence-corrected chi connectivity index (χ2v) is 7.65. The van der Waals surface area contributed by atoms with Crippen LogP contribution >= 0.6 is 11.6 Å². The quantitative estimate of drug-likeness (QED) is 0.826. The highest BCUT2D eigenvalue weighted by Crippen LogP contribution is 2.36. The zero-order valence-corrected chi connectivity index (χ0v) is 11.6. The molecule has 2 heterocycles. The van der Waals surface area contributed by atoms with Crippen LogP contribution in [-0.4, -0.2) is 29.9 Å². The Bertz CT molecular complexity index is 778. The number of aromatic nitrogens is 2. The highest BCUT2D eigenvalue weighted by atomic mass is 35.5. The molecular formula is C12H13ClN2O3S.